The van der Waals surface area contributed by atoms with Crippen LogP contribution in [-0.4, -0.2) is 29.5 Å². The quantitative estimate of drug-likeness (QED) is 0.598. The van der Waals surface area contributed by atoms with E-state index in [0.29, 0.717) is 18.4 Å². The molecule has 26 heavy (non-hydrogen) atoms. The van der Waals surface area contributed by atoms with Crippen molar-refractivity contribution >= 4 is 22.7 Å². The molecule has 1 aromatic carbocycles. The number of anilines is 2. The first kappa shape index (κ1) is 16.3. The van der Waals surface area contributed by atoms with Gasteiger partial charge in [0.2, 0.25) is 5.95 Å². The summed E-state index contributed by atoms with van der Waals surface area (Å²) in [7, 11) is 1.87. The third-order valence-electron chi connectivity index (χ3n) is 4.29. The number of nitrogens with zero attached hydrogens (tertiary/aromatic N) is 6. The Labute approximate surface area is 151 Å². The summed E-state index contributed by atoms with van der Waals surface area (Å²) in [5.41, 5.74) is 4.19. The minimum Gasteiger partial charge on any atom is -0.321 e. The molecule has 0 unspecified atom stereocenters. The molecule has 0 fully saturated rings. The fraction of sp³-hybridized carbons (Fsp3) is 0.263. The van der Waals surface area contributed by atoms with Gasteiger partial charge >= 0.3 is 0 Å². The van der Waals surface area contributed by atoms with Crippen molar-refractivity contribution in [3.63, 3.8) is 0 Å². The molecular formula is C19H21N7. The van der Waals surface area contributed by atoms with Gasteiger partial charge in [0.1, 0.15) is 0 Å². The second-order valence-corrected chi connectivity index (χ2v) is 6.70. The molecule has 132 valence electrons. The van der Waals surface area contributed by atoms with E-state index in [9.17, 15) is 0 Å². The fourth-order valence-corrected chi connectivity index (χ4v) is 2.88. The van der Waals surface area contributed by atoms with Gasteiger partial charge < -0.3 is 5.32 Å². The highest BCUT2D eigenvalue weighted by molar-refractivity contribution is 5.75. The van der Waals surface area contributed by atoms with Crippen LogP contribution in [0.4, 0.5) is 11.6 Å². The van der Waals surface area contributed by atoms with Crippen molar-refractivity contribution in [1.82, 2.24) is 29.5 Å². The van der Waals surface area contributed by atoms with Crippen molar-refractivity contribution in [2.24, 2.45) is 7.05 Å². The van der Waals surface area contributed by atoms with Crippen molar-refractivity contribution in [2.75, 3.05) is 5.32 Å². The van der Waals surface area contributed by atoms with Crippen molar-refractivity contribution < 1.29 is 0 Å². The number of aryl methyl sites for hydroxylation is 1. The zero-order valence-corrected chi connectivity index (χ0v) is 15.1. The Bertz CT molecular complexity index is 1040. The van der Waals surface area contributed by atoms with Crippen molar-refractivity contribution in [1.29, 1.82) is 0 Å². The van der Waals surface area contributed by atoms with Crippen LogP contribution in [0, 0.1) is 0 Å². The lowest BCUT2D eigenvalue weighted by Gasteiger charge is -2.09. The van der Waals surface area contributed by atoms with E-state index in [1.54, 1.807) is 23.3 Å². The highest BCUT2D eigenvalue weighted by Gasteiger charge is 2.09. The Balaban J connectivity index is 1.63. The number of nitrogens with one attached hydrogen (secondary N) is 1. The van der Waals surface area contributed by atoms with Crippen LogP contribution >= 0.6 is 0 Å². The first-order valence-corrected chi connectivity index (χ1v) is 8.61. The van der Waals surface area contributed by atoms with E-state index in [-0.39, 0.29) is 0 Å². The molecule has 0 radical (unpaired) electrons. The molecule has 0 amide bonds. The molecule has 7 nitrogen and oxygen atoms in total. The molecule has 0 aliphatic rings. The lowest BCUT2D eigenvalue weighted by Crippen LogP contribution is -2.05. The van der Waals surface area contributed by atoms with Gasteiger partial charge in [-0.3, -0.25) is 4.68 Å². The molecule has 0 saturated heterocycles. The summed E-state index contributed by atoms with van der Waals surface area (Å²) >= 11 is 0. The van der Waals surface area contributed by atoms with Crippen LogP contribution in [0.15, 0.2) is 49.1 Å². The molecule has 0 aliphatic carbocycles. The topological polar surface area (TPSA) is 73.5 Å². The summed E-state index contributed by atoms with van der Waals surface area (Å²) in [5, 5.41) is 12.7. The number of hydrogen-bond acceptors (Lipinski definition) is 5. The van der Waals surface area contributed by atoms with E-state index in [0.717, 1.165) is 16.7 Å². The first-order valence-electron chi connectivity index (χ1n) is 8.61. The summed E-state index contributed by atoms with van der Waals surface area (Å²) in [4.78, 5) is 8.99. The highest BCUT2D eigenvalue weighted by Crippen LogP contribution is 2.19. The Morgan fingerprint density at radius 2 is 2.00 bits per heavy atom. The van der Waals surface area contributed by atoms with Crippen LogP contribution in [0.2, 0.25) is 0 Å². The second kappa shape index (κ2) is 6.59. The van der Waals surface area contributed by atoms with Crippen LogP contribution in [0.1, 0.15) is 30.9 Å². The smallest absolute Gasteiger partial charge is 0.229 e. The molecular weight excluding hydrogens is 326 g/mol. The predicted molar refractivity (Wildman–Crippen MR) is 101 cm³/mol. The zero-order chi connectivity index (χ0) is 18.1. The zero-order valence-electron chi connectivity index (χ0n) is 15.1. The van der Waals surface area contributed by atoms with Crippen LogP contribution in [0.3, 0.4) is 0 Å². The van der Waals surface area contributed by atoms with E-state index in [2.05, 4.69) is 63.6 Å². The van der Waals surface area contributed by atoms with Gasteiger partial charge in [-0.05, 0) is 17.0 Å². The molecule has 0 aliphatic heterocycles. The average Bonchev–Trinajstić information content (AvgIpc) is 3.21. The first-order chi connectivity index (χ1) is 12.6. The van der Waals surface area contributed by atoms with E-state index in [4.69, 9.17) is 0 Å². The normalized spacial score (nSPS) is 11.4. The van der Waals surface area contributed by atoms with Gasteiger partial charge in [0, 0.05) is 19.4 Å². The average molecular weight is 347 g/mol. The van der Waals surface area contributed by atoms with Crippen LogP contribution < -0.4 is 5.32 Å². The van der Waals surface area contributed by atoms with Crippen LogP contribution in [0.25, 0.3) is 11.0 Å². The SMILES string of the molecule is CC(C)c1cccc(Cn2ncc3cnc(Nc4cnn(C)c4)nc32)c1. The molecule has 1 N–H and O–H groups in total. The maximum atomic E-state index is 4.63. The van der Waals surface area contributed by atoms with Gasteiger partial charge in [-0.15, -0.1) is 0 Å². The van der Waals surface area contributed by atoms with Crippen molar-refractivity contribution in [3.8, 4) is 0 Å². The van der Waals surface area contributed by atoms with Gasteiger partial charge in [0.05, 0.1) is 30.0 Å². The van der Waals surface area contributed by atoms with Gasteiger partial charge in [-0.1, -0.05) is 38.1 Å². The van der Waals surface area contributed by atoms with Crippen LogP contribution in [-0.2, 0) is 13.6 Å². The van der Waals surface area contributed by atoms with Gasteiger partial charge in [0.15, 0.2) is 5.65 Å². The van der Waals surface area contributed by atoms with Crippen molar-refractivity contribution in [2.45, 2.75) is 26.3 Å². The van der Waals surface area contributed by atoms with E-state index < -0.39 is 0 Å². The highest BCUT2D eigenvalue weighted by atomic mass is 15.3. The Morgan fingerprint density at radius 1 is 1.12 bits per heavy atom. The third-order valence-corrected chi connectivity index (χ3v) is 4.29. The number of rotatable bonds is 5. The predicted octanol–water partition coefficient (Wildman–Crippen LogP) is 3.48. The number of hydrogen-bond donors (Lipinski definition) is 1. The second-order valence-electron chi connectivity index (χ2n) is 6.70. The number of fused-ring (bicyclic) bond motifs is 1. The summed E-state index contributed by atoms with van der Waals surface area (Å²) in [6, 6.07) is 8.61. The monoisotopic (exact) mass is 347 g/mol. The molecule has 4 rings (SSSR count). The summed E-state index contributed by atoms with van der Waals surface area (Å²) in [6.07, 6.45) is 7.20. The van der Waals surface area contributed by atoms with Gasteiger partial charge in [-0.25, -0.2) is 9.67 Å². The summed E-state index contributed by atoms with van der Waals surface area (Å²) in [6.45, 7) is 5.07. The minimum absolute atomic E-state index is 0.502. The molecule has 0 spiro atoms. The molecule has 4 aromatic rings. The molecule has 3 aromatic heterocycles. The molecule has 3 heterocycles. The Kier molecular flexibility index (Phi) is 4.12. The largest absolute Gasteiger partial charge is 0.321 e. The van der Waals surface area contributed by atoms with Crippen LogP contribution in [0.5, 0.6) is 0 Å². The molecule has 0 atom stereocenters. The maximum Gasteiger partial charge on any atom is 0.229 e. The van der Waals surface area contributed by atoms with Crippen molar-refractivity contribution in [3.05, 3.63) is 60.2 Å². The molecule has 0 bridgehead atoms. The van der Waals surface area contributed by atoms with E-state index >= 15 is 0 Å². The Hall–Kier alpha value is -3.22. The molecule has 7 heteroatoms. The van der Waals surface area contributed by atoms with E-state index in [1.165, 1.54) is 11.1 Å². The standard InChI is InChI=1S/C19H21N7/c1-13(2)15-6-4-5-14(7-15)11-26-18-16(9-22-26)8-20-19(24-18)23-17-10-21-25(3)12-17/h4-10,12-13H,11H2,1-3H3,(H,20,23,24). The lowest BCUT2D eigenvalue weighted by molar-refractivity contribution is 0.702. The van der Waals surface area contributed by atoms with Gasteiger partial charge in [0.25, 0.3) is 0 Å². The molecule has 0 saturated carbocycles. The summed E-state index contributed by atoms with van der Waals surface area (Å²) in [5.74, 6) is 1.03. The summed E-state index contributed by atoms with van der Waals surface area (Å²) < 4.78 is 3.64. The third kappa shape index (κ3) is 3.28. The Morgan fingerprint density at radius 3 is 2.77 bits per heavy atom. The van der Waals surface area contributed by atoms with Gasteiger partial charge in [-0.2, -0.15) is 15.2 Å². The lowest BCUT2D eigenvalue weighted by atomic mass is 10.0. The number of benzene rings is 1. The fourth-order valence-electron chi connectivity index (χ4n) is 2.88. The van der Waals surface area contributed by atoms with E-state index in [1.807, 2.05) is 17.9 Å². The minimum atomic E-state index is 0.502. The maximum absolute atomic E-state index is 4.63. The number of aromatic nitrogens is 6.